The minimum atomic E-state index is 0.175. The molecule has 0 saturated carbocycles. The van der Waals surface area contributed by atoms with Crippen molar-refractivity contribution >= 4 is 14.7 Å². The summed E-state index contributed by atoms with van der Waals surface area (Å²) in [6, 6.07) is 18.7. The van der Waals surface area contributed by atoms with E-state index in [1.807, 2.05) is 18.2 Å². The molecule has 0 atom stereocenters. The second kappa shape index (κ2) is 4.37. The van der Waals surface area contributed by atoms with Gasteiger partial charge in [-0.2, -0.15) is 0 Å². The number of hydrogen-bond acceptors (Lipinski definition) is 2. The molecule has 0 aliphatic carbocycles. The van der Waals surface area contributed by atoms with Crippen LogP contribution < -0.4 is 4.74 Å². The second-order valence-corrected chi connectivity index (χ2v) is 6.28. The van der Waals surface area contributed by atoms with Gasteiger partial charge in [0.25, 0.3) is 0 Å². The molecular formula is C16H11NOSe. The number of ether oxygens (including phenoxy) is 1. The molecule has 3 aromatic rings. The normalized spacial score (nSPS) is 12.4. The van der Waals surface area contributed by atoms with Gasteiger partial charge >= 0.3 is 117 Å². The summed E-state index contributed by atoms with van der Waals surface area (Å²) in [5, 5.41) is 0. The first-order valence-electron chi connectivity index (χ1n) is 6.19. The third-order valence-corrected chi connectivity index (χ3v) is 5.04. The quantitative estimate of drug-likeness (QED) is 0.643. The summed E-state index contributed by atoms with van der Waals surface area (Å²) in [7, 11) is 0. The van der Waals surface area contributed by atoms with E-state index >= 15 is 0 Å². The average Bonchev–Trinajstić information content (AvgIpc) is 2.92. The van der Waals surface area contributed by atoms with Gasteiger partial charge < -0.3 is 0 Å². The van der Waals surface area contributed by atoms with E-state index in [1.54, 1.807) is 0 Å². The van der Waals surface area contributed by atoms with Crippen LogP contribution in [0.5, 0.6) is 5.75 Å². The average molecular weight is 312 g/mol. The van der Waals surface area contributed by atoms with Crippen molar-refractivity contribution in [2.75, 3.05) is 0 Å². The predicted molar refractivity (Wildman–Crippen MR) is 76.4 cm³/mol. The summed E-state index contributed by atoms with van der Waals surface area (Å²) in [4.78, 5) is 0. The molecule has 0 spiro atoms. The molecule has 0 fully saturated rings. The summed E-state index contributed by atoms with van der Waals surface area (Å²) in [5.74, 6) is 0.975. The van der Waals surface area contributed by atoms with Gasteiger partial charge in [-0.25, -0.2) is 0 Å². The van der Waals surface area contributed by atoms with E-state index in [4.69, 9.17) is 8.72 Å². The molecule has 0 amide bonds. The molecule has 1 aliphatic rings. The number of hydrogen-bond donors (Lipinski definition) is 0. The van der Waals surface area contributed by atoms with Crippen molar-refractivity contribution in [1.29, 1.82) is 0 Å². The molecule has 4 rings (SSSR count). The van der Waals surface area contributed by atoms with E-state index in [0.717, 1.165) is 11.4 Å². The molecule has 2 aromatic carbocycles. The molecule has 0 saturated heterocycles. The van der Waals surface area contributed by atoms with Crippen LogP contribution in [0.3, 0.4) is 0 Å². The van der Waals surface area contributed by atoms with Crippen LogP contribution in [0.25, 0.3) is 22.4 Å². The van der Waals surface area contributed by atoms with Crippen LogP contribution in [-0.4, -0.2) is 18.7 Å². The van der Waals surface area contributed by atoms with Crippen LogP contribution in [0.2, 0.25) is 0 Å². The number of para-hydroxylation sites is 1. The van der Waals surface area contributed by atoms with Gasteiger partial charge in [0, 0.05) is 0 Å². The van der Waals surface area contributed by atoms with Crippen LogP contribution in [0.15, 0.2) is 54.6 Å². The number of nitrogens with zero attached hydrogens (tertiary/aromatic N) is 1. The molecule has 2 nitrogen and oxygen atoms in total. The maximum atomic E-state index is 5.81. The molecule has 2 heterocycles. The first-order chi connectivity index (χ1) is 9.43. The molecule has 0 bridgehead atoms. The number of fused-ring (bicyclic) bond motifs is 3. The fraction of sp³-hybridized carbons (Fsp3) is 0.0625. The van der Waals surface area contributed by atoms with Crippen molar-refractivity contribution in [2.45, 2.75) is 6.61 Å². The number of aromatic nitrogens is 1. The molecule has 3 heteroatoms. The summed E-state index contributed by atoms with van der Waals surface area (Å²) in [6.45, 7) is 0.687. The Morgan fingerprint density at radius 1 is 0.947 bits per heavy atom. The Morgan fingerprint density at radius 2 is 1.74 bits per heavy atom. The van der Waals surface area contributed by atoms with E-state index in [9.17, 15) is 0 Å². The molecule has 0 radical (unpaired) electrons. The number of benzene rings is 2. The van der Waals surface area contributed by atoms with Crippen LogP contribution >= 0.6 is 0 Å². The third-order valence-electron chi connectivity index (χ3n) is 3.33. The molecule has 0 unspecified atom stereocenters. The van der Waals surface area contributed by atoms with Gasteiger partial charge in [-0.15, -0.1) is 0 Å². The summed E-state index contributed by atoms with van der Waals surface area (Å²) < 4.78 is 11.9. The fourth-order valence-electron chi connectivity index (χ4n) is 2.44. The maximum absolute atomic E-state index is 5.81. The Balaban J connectivity index is 1.97. The van der Waals surface area contributed by atoms with Crippen molar-refractivity contribution in [2.24, 2.45) is 0 Å². The summed E-state index contributed by atoms with van der Waals surface area (Å²) >= 11 is 0.175. The van der Waals surface area contributed by atoms with Gasteiger partial charge in [0.2, 0.25) is 0 Å². The second-order valence-electron chi connectivity index (χ2n) is 4.48. The van der Waals surface area contributed by atoms with Gasteiger partial charge in [0.15, 0.2) is 0 Å². The monoisotopic (exact) mass is 313 g/mol. The summed E-state index contributed by atoms with van der Waals surface area (Å²) in [5.41, 5.74) is 4.82. The van der Waals surface area contributed by atoms with Gasteiger partial charge in [-0.1, -0.05) is 0 Å². The van der Waals surface area contributed by atoms with Gasteiger partial charge in [-0.3, -0.25) is 0 Å². The molecule has 0 N–H and O–H groups in total. The molecular weight excluding hydrogens is 301 g/mol. The fourth-order valence-corrected chi connectivity index (χ4v) is 4.13. The third kappa shape index (κ3) is 1.74. The van der Waals surface area contributed by atoms with Gasteiger partial charge in [0.1, 0.15) is 0 Å². The van der Waals surface area contributed by atoms with Crippen LogP contribution in [-0.2, 0) is 6.61 Å². The first-order valence-corrected chi connectivity index (χ1v) is 7.82. The Kier molecular flexibility index (Phi) is 2.54. The van der Waals surface area contributed by atoms with Crippen molar-refractivity contribution in [3.05, 3.63) is 59.0 Å². The zero-order valence-electron chi connectivity index (χ0n) is 10.2. The molecule has 92 valence electrons. The van der Waals surface area contributed by atoms with Gasteiger partial charge in [0.05, 0.1) is 0 Å². The van der Waals surface area contributed by atoms with Crippen LogP contribution in [0.1, 0.15) is 4.44 Å². The molecule has 1 aromatic heterocycles. The Bertz CT molecular complexity index is 734. The van der Waals surface area contributed by atoms with Crippen LogP contribution in [0.4, 0.5) is 0 Å². The molecule has 1 aliphatic heterocycles. The SMILES string of the molecule is c1ccc(-c2n[se]c3c2-c2ccccc2OC3)cc1. The van der Waals surface area contributed by atoms with E-state index < -0.39 is 0 Å². The number of rotatable bonds is 1. The minimum absolute atomic E-state index is 0.175. The molecule has 19 heavy (non-hydrogen) atoms. The standard InChI is InChI=1S/C16H11NOSe/c1-2-6-11(7-3-1)16-15-12-8-4-5-9-13(12)18-10-14(15)19-17-16/h1-9H,10H2. The van der Waals surface area contributed by atoms with E-state index in [2.05, 4.69) is 36.4 Å². The van der Waals surface area contributed by atoms with Crippen LogP contribution in [0, 0.1) is 0 Å². The Hall–Kier alpha value is -1.83. The van der Waals surface area contributed by atoms with Crippen molar-refractivity contribution in [3.63, 3.8) is 0 Å². The van der Waals surface area contributed by atoms with Crippen molar-refractivity contribution < 1.29 is 4.74 Å². The Labute approximate surface area is 117 Å². The topological polar surface area (TPSA) is 22.1 Å². The Morgan fingerprint density at radius 3 is 2.63 bits per heavy atom. The van der Waals surface area contributed by atoms with E-state index in [0.29, 0.717) is 6.61 Å². The van der Waals surface area contributed by atoms with Crippen molar-refractivity contribution in [3.8, 4) is 28.1 Å². The zero-order chi connectivity index (χ0) is 12.7. The van der Waals surface area contributed by atoms with Crippen molar-refractivity contribution in [1.82, 2.24) is 3.98 Å². The van der Waals surface area contributed by atoms with E-state index in [-0.39, 0.29) is 14.7 Å². The predicted octanol–water partition coefficient (Wildman–Crippen LogP) is 3.37. The summed E-state index contributed by atoms with van der Waals surface area (Å²) in [6.07, 6.45) is 0. The first kappa shape index (κ1) is 11.0. The zero-order valence-corrected chi connectivity index (χ0v) is 11.9. The van der Waals surface area contributed by atoms with Gasteiger partial charge in [-0.05, 0) is 0 Å². The van der Waals surface area contributed by atoms with E-state index in [1.165, 1.54) is 21.1 Å².